The van der Waals surface area contributed by atoms with Crippen molar-refractivity contribution in [2.24, 2.45) is 12.8 Å². The Balaban J connectivity index is 3.05. The van der Waals surface area contributed by atoms with Gasteiger partial charge in [-0.05, 0) is 0 Å². The van der Waals surface area contributed by atoms with Crippen molar-refractivity contribution in [3.05, 3.63) is 24.0 Å². The monoisotopic (exact) mass is 139 g/mol. The van der Waals surface area contributed by atoms with Gasteiger partial charge in [-0.1, -0.05) is 0 Å². The number of hydrogen-bond donors (Lipinski definition) is 1. The van der Waals surface area contributed by atoms with Gasteiger partial charge in [-0.3, -0.25) is 0 Å². The number of oxazole rings is 1. The number of nitrogens with zero attached hydrogens (tertiary/aromatic N) is 1. The van der Waals surface area contributed by atoms with E-state index in [0.29, 0.717) is 0 Å². The Morgan fingerprint density at radius 2 is 2.40 bits per heavy atom. The third-order valence-electron chi connectivity index (χ3n) is 1.45. The van der Waals surface area contributed by atoms with Gasteiger partial charge in [0.1, 0.15) is 7.05 Å². The van der Waals surface area contributed by atoms with Gasteiger partial charge in [0.25, 0.3) is 0 Å². The minimum Gasteiger partial charge on any atom is -0.406 e. The molecule has 10 heavy (non-hydrogen) atoms. The smallest absolute Gasteiger partial charge is 0.374 e. The molecule has 0 amide bonds. The highest BCUT2D eigenvalue weighted by atomic mass is 16.3. The first-order valence-electron chi connectivity index (χ1n) is 3.08. The summed E-state index contributed by atoms with van der Waals surface area (Å²) in [6.07, 6.45) is 4.86. The number of rotatable bonds is 1. The Morgan fingerprint density at radius 3 is 2.80 bits per heavy atom. The van der Waals surface area contributed by atoms with Crippen molar-refractivity contribution in [2.75, 3.05) is 0 Å². The number of hydrogen-bond acceptors (Lipinski definition) is 2. The molecule has 1 aromatic heterocycles. The summed E-state index contributed by atoms with van der Waals surface area (Å²) in [6.45, 7) is 1.97. The van der Waals surface area contributed by atoms with Gasteiger partial charge in [-0.2, -0.15) is 4.57 Å². The van der Waals surface area contributed by atoms with E-state index in [-0.39, 0.29) is 0 Å². The van der Waals surface area contributed by atoms with E-state index in [1.165, 1.54) is 6.20 Å². The molecule has 1 aromatic rings. The van der Waals surface area contributed by atoms with Gasteiger partial charge in [0.15, 0.2) is 6.26 Å². The van der Waals surface area contributed by atoms with Gasteiger partial charge >= 0.3 is 5.89 Å². The van der Waals surface area contributed by atoms with Crippen LogP contribution in [0.2, 0.25) is 0 Å². The third kappa shape index (κ3) is 1.03. The van der Waals surface area contributed by atoms with E-state index in [2.05, 4.69) is 0 Å². The lowest BCUT2D eigenvalue weighted by molar-refractivity contribution is -0.682. The average molecular weight is 139 g/mol. The van der Waals surface area contributed by atoms with Crippen LogP contribution < -0.4 is 10.3 Å². The molecular weight excluding hydrogens is 128 g/mol. The molecule has 0 spiro atoms. The Morgan fingerprint density at radius 1 is 1.70 bits per heavy atom. The van der Waals surface area contributed by atoms with Gasteiger partial charge in [0.2, 0.25) is 5.69 Å². The summed E-state index contributed by atoms with van der Waals surface area (Å²) in [5.74, 6) is 0.764. The van der Waals surface area contributed by atoms with Crippen LogP contribution >= 0.6 is 0 Å². The summed E-state index contributed by atoms with van der Waals surface area (Å²) in [7, 11) is 1.92. The molecule has 0 atom stereocenters. The maximum absolute atomic E-state index is 5.18. The van der Waals surface area contributed by atoms with E-state index in [1.54, 1.807) is 12.3 Å². The van der Waals surface area contributed by atoms with E-state index in [9.17, 15) is 0 Å². The Kier molecular flexibility index (Phi) is 1.76. The van der Waals surface area contributed by atoms with Crippen molar-refractivity contribution < 1.29 is 8.98 Å². The van der Waals surface area contributed by atoms with Gasteiger partial charge in [0.05, 0.1) is 6.08 Å². The highest BCUT2D eigenvalue weighted by Gasteiger charge is 2.09. The fraction of sp³-hybridized carbons (Fsp3) is 0.286. The first-order chi connectivity index (χ1) is 4.75. The second-order valence-corrected chi connectivity index (χ2v) is 2.13. The lowest BCUT2D eigenvalue weighted by Gasteiger charge is -1.80. The topological polar surface area (TPSA) is 43.0 Å². The second kappa shape index (κ2) is 2.56. The van der Waals surface area contributed by atoms with Crippen molar-refractivity contribution in [1.29, 1.82) is 0 Å². The predicted octanol–water partition coefficient (Wildman–Crippen LogP) is 0.342. The van der Waals surface area contributed by atoms with Gasteiger partial charge in [-0.25, -0.2) is 0 Å². The lowest BCUT2D eigenvalue weighted by Crippen LogP contribution is -2.31. The molecule has 3 heteroatoms. The minimum atomic E-state index is 0.764. The molecule has 0 aliphatic rings. The maximum atomic E-state index is 5.18. The van der Waals surface area contributed by atoms with Crippen LogP contribution in [-0.2, 0) is 7.05 Å². The molecule has 1 heterocycles. The third-order valence-corrected chi connectivity index (χ3v) is 1.45. The molecule has 0 radical (unpaired) electrons. The molecule has 0 aromatic carbocycles. The van der Waals surface area contributed by atoms with Crippen molar-refractivity contribution in [3.63, 3.8) is 0 Å². The van der Waals surface area contributed by atoms with Crippen LogP contribution in [0.3, 0.4) is 0 Å². The maximum Gasteiger partial charge on any atom is 0.374 e. The van der Waals surface area contributed by atoms with E-state index < -0.39 is 0 Å². The fourth-order valence-corrected chi connectivity index (χ4v) is 0.711. The molecule has 54 valence electrons. The molecule has 3 nitrogen and oxygen atoms in total. The minimum absolute atomic E-state index is 0.764. The van der Waals surface area contributed by atoms with Gasteiger partial charge in [0, 0.05) is 13.1 Å². The Hall–Kier alpha value is -1.25. The number of aromatic nitrogens is 1. The highest BCUT2D eigenvalue weighted by molar-refractivity contribution is 5.33. The van der Waals surface area contributed by atoms with E-state index in [4.69, 9.17) is 10.2 Å². The van der Waals surface area contributed by atoms with Crippen molar-refractivity contribution >= 4 is 6.08 Å². The zero-order valence-corrected chi connectivity index (χ0v) is 6.16. The Labute approximate surface area is 59.8 Å². The van der Waals surface area contributed by atoms with Crippen LogP contribution in [0.4, 0.5) is 0 Å². The standard InChI is InChI=1S/C7H10N2O/c1-6-5-10-7(3-4-8)9(6)2/h3-5,8H,1-2H3/p+1. The zero-order chi connectivity index (χ0) is 7.56. The molecule has 0 saturated carbocycles. The molecule has 0 saturated heterocycles. The first kappa shape index (κ1) is 6.86. The second-order valence-electron chi connectivity index (χ2n) is 2.13. The summed E-state index contributed by atoms with van der Waals surface area (Å²) in [5.41, 5.74) is 6.26. The molecule has 0 aliphatic carbocycles. The van der Waals surface area contributed by atoms with Crippen molar-refractivity contribution in [1.82, 2.24) is 0 Å². The van der Waals surface area contributed by atoms with Crippen LogP contribution in [0.5, 0.6) is 0 Å². The Bertz CT molecular complexity index is 250. The van der Waals surface area contributed by atoms with Crippen LogP contribution in [0.25, 0.3) is 6.08 Å². The van der Waals surface area contributed by atoms with Crippen LogP contribution in [0, 0.1) is 6.92 Å². The van der Waals surface area contributed by atoms with Gasteiger partial charge < -0.3 is 10.2 Å². The summed E-state index contributed by atoms with van der Waals surface area (Å²) in [5, 5.41) is 0. The number of aryl methyl sites for hydroxylation is 1. The lowest BCUT2D eigenvalue weighted by atomic mass is 10.5. The number of nitrogens with two attached hydrogens (primary N) is 1. The van der Waals surface area contributed by atoms with E-state index >= 15 is 0 Å². The zero-order valence-electron chi connectivity index (χ0n) is 6.16. The first-order valence-corrected chi connectivity index (χ1v) is 3.08. The molecule has 0 aliphatic heterocycles. The van der Waals surface area contributed by atoms with E-state index in [0.717, 1.165) is 11.6 Å². The highest BCUT2D eigenvalue weighted by Crippen LogP contribution is 1.97. The van der Waals surface area contributed by atoms with Crippen LogP contribution in [0.1, 0.15) is 11.6 Å². The molecule has 1 rings (SSSR count). The largest absolute Gasteiger partial charge is 0.406 e. The quantitative estimate of drug-likeness (QED) is 0.570. The molecular formula is C7H11N2O+. The SMILES string of the molecule is Cc1coc(C=CN)[n+]1C. The van der Waals surface area contributed by atoms with Gasteiger partial charge in [-0.15, -0.1) is 0 Å². The predicted molar refractivity (Wildman–Crippen MR) is 37.8 cm³/mol. The summed E-state index contributed by atoms with van der Waals surface area (Å²) < 4.78 is 7.05. The average Bonchev–Trinajstić information content (AvgIpc) is 2.20. The molecule has 2 N–H and O–H groups in total. The van der Waals surface area contributed by atoms with Crippen LogP contribution in [0.15, 0.2) is 16.9 Å². The summed E-state index contributed by atoms with van der Waals surface area (Å²) in [6, 6.07) is 0. The molecule has 0 bridgehead atoms. The van der Waals surface area contributed by atoms with Crippen molar-refractivity contribution in [2.45, 2.75) is 6.92 Å². The molecule has 0 fully saturated rings. The van der Waals surface area contributed by atoms with Crippen molar-refractivity contribution in [3.8, 4) is 0 Å². The normalized spacial score (nSPS) is 11.0. The fourth-order valence-electron chi connectivity index (χ4n) is 0.711. The van der Waals surface area contributed by atoms with Crippen LogP contribution in [-0.4, -0.2) is 0 Å². The summed E-state index contributed by atoms with van der Waals surface area (Å²) in [4.78, 5) is 0. The van der Waals surface area contributed by atoms with E-state index in [1.807, 2.05) is 18.5 Å². The molecule has 0 unspecified atom stereocenters. The summed E-state index contributed by atoms with van der Waals surface area (Å²) >= 11 is 0.